The summed E-state index contributed by atoms with van der Waals surface area (Å²) < 4.78 is 55.5. The summed E-state index contributed by atoms with van der Waals surface area (Å²) in [6.45, 7) is 8.71. The van der Waals surface area contributed by atoms with Crippen LogP contribution in [0.25, 0.3) is 0 Å². The zero-order valence-corrected chi connectivity index (χ0v) is 18.8. The second-order valence-corrected chi connectivity index (χ2v) is 11.8. The molecule has 1 fully saturated rings. The molecule has 3 rings (SSSR count). The average Bonchev–Trinajstić information content (AvgIpc) is 2.63. The summed E-state index contributed by atoms with van der Waals surface area (Å²) in [6, 6.07) is 11.1. The zero-order valence-electron chi connectivity index (χ0n) is 17.2. The summed E-state index contributed by atoms with van der Waals surface area (Å²) >= 11 is 0. The molecule has 0 aromatic heterocycles. The summed E-state index contributed by atoms with van der Waals surface area (Å²) in [7, 11) is -7.36. The molecule has 0 radical (unpaired) electrons. The third-order valence-electron chi connectivity index (χ3n) is 5.21. The van der Waals surface area contributed by atoms with Crippen LogP contribution < -0.4 is 4.72 Å². The third kappa shape index (κ3) is 4.82. The number of aryl methyl sites for hydroxylation is 2. The Hall–Kier alpha value is -1.90. The zero-order chi connectivity index (χ0) is 21.4. The van der Waals surface area contributed by atoms with Crippen LogP contribution in [0.15, 0.2) is 52.3 Å². The van der Waals surface area contributed by atoms with Gasteiger partial charge in [-0.1, -0.05) is 26.0 Å². The van der Waals surface area contributed by atoms with Gasteiger partial charge >= 0.3 is 0 Å². The molecule has 1 aliphatic rings. The van der Waals surface area contributed by atoms with Gasteiger partial charge in [-0.25, -0.2) is 16.8 Å². The van der Waals surface area contributed by atoms with Crippen molar-refractivity contribution in [2.24, 2.45) is 11.8 Å². The van der Waals surface area contributed by atoms with E-state index in [2.05, 4.69) is 18.6 Å². The molecule has 0 saturated carbocycles. The highest BCUT2D eigenvalue weighted by Crippen LogP contribution is 2.28. The van der Waals surface area contributed by atoms with E-state index < -0.39 is 20.0 Å². The number of piperidine rings is 1. The van der Waals surface area contributed by atoms with Crippen LogP contribution in [0.3, 0.4) is 0 Å². The van der Waals surface area contributed by atoms with Crippen molar-refractivity contribution < 1.29 is 16.8 Å². The number of sulfonamides is 2. The molecule has 0 amide bonds. The molecule has 6 nitrogen and oxygen atoms in total. The van der Waals surface area contributed by atoms with Gasteiger partial charge < -0.3 is 0 Å². The molecule has 1 saturated heterocycles. The lowest BCUT2D eigenvalue weighted by atomic mass is 9.94. The van der Waals surface area contributed by atoms with Crippen LogP contribution in [0, 0.1) is 25.7 Å². The predicted octanol–water partition coefficient (Wildman–Crippen LogP) is 3.77. The highest BCUT2D eigenvalue weighted by molar-refractivity contribution is 7.92. The van der Waals surface area contributed by atoms with E-state index >= 15 is 0 Å². The molecule has 2 aromatic carbocycles. The Morgan fingerprint density at radius 3 is 2.07 bits per heavy atom. The number of nitrogens with one attached hydrogen (secondary N) is 1. The topological polar surface area (TPSA) is 83.5 Å². The van der Waals surface area contributed by atoms with Crippen molar-refractivity contribution in [2.75, 3.05) is 17.8 Å². The highest BCUT2D eigenvalue weighted by Gasteiger charge is 2.31. The first kappa shape index (κ1) is 21.8. The maximum absolute atomic E-state index is 13.0. The van der Waals surface area contributed by atoms with Crippen molar-refractivity contribution >= 4 is 25.7 Å². The Morgan fingerprint density at radius 2 is 1.48 bits per heavy atom. The molecule has 8 heteroatoms. The molecular formula is C21H28N2O4S2. The Balaban J connectivity index is 1.82. The van der Waals surface area contributed by atoms with Crippen molar-refractivity contribution in [2.45, 2.75) is 43.9 Å². The number of nitrogens with zero attached hydrogens (tertiary/aromatic N) is 1. The number of anilines is 1. The minimum absolute atomic E-state index is 0.175. The Labute approximate surface area is 174 Å². The third-order valence-corrected chi connectivity index (χ3v) is 8.58. The van der Waals surface area contributed by atoms with Crippen molar-refractivity contribution in [3.8, 4) is 0 Å². The maximum atomic E-state index is 13.0. The minimum Gasteiger partial charge on any atom is -0.280 e. The van der Waals surface area contributed by atoms with E-state index in [0.29, 0.717) is 36.2 Å². The van der Waals surface area contributed by atoms with Gasteiger partial charge in [-0.05, 0) is 73.6 Å². The first-order chi connectivity index (χ1) is 13.5. The number of hydrogen-bond donors (Lipinski definition) is 1. The summed E-state index contributed by atoms with van der Waals surface area (Å²) in [5, 5.41) is 0. The molecule has 0 bridgehead atoms. The standard InChI is InChI=1S/C21H28N2O4S2/c1-15-5-6-18(4)21(12-15)28(24,25)22-19-7-9-20(10-8-19)29(26,27)23-13-16(2)11-17(3)14-23/h5-10,12,16-17,22H,11,13-14H2,1-4H3. The minimum atomic E-state index is -3.76. The van der Waals surface area contributed by atoms with E-state index in [-0.39, 0.29) is 9.79 Å². The van der Waals surface area contributed by atoms with E-state index in [1.807, 2.05) is 13.0 Å². The molecule has 158 valence electrons. The fourth-order valence-corrected chi connectivity index (χ4v) is 6.92. The average molecular weight is 437 g/mol. The molecule has 1 aliphatic heterocycles. The SMILES string of the molecule is Cc1ccc(C)c(S(=O)(=O)Nc2ccc(S(=O)(=O)N3CC(C)CC(C)C3)cc2)c1. The monoisotopic (exact) mass is 436 g/mol. The number of hydrogen-bond acceptors (Lipinski definition) is 4. The number of benzene rings is 2. The Morgan fingerprint density at radius 1 is 0.897 bits per heavy atom. The lowest BCUT2D eigenvalue weighted by Gasteiger charge is -2.34. The lowest BCUT2D eigenvalue weighted by Crippen LogP contribution is -2.42. The fourth-order valence-electron chi connectivity index (χ4n) is 3.85. The first-order valence-corrected chi connectivity index (χ1v) is 12.6. The second-order valence-electron chi connectivity index (χ2n) is 8.17. The van der Waals surface area contributed by atoms with Crippen LogP contribution in [0.4, 0.5) is 5.69 Å². The summed E-state index contributed by atoms with van der Waals surface area (Å²) in [6.07, 6.45) is 1.02. The van der Waals surface area contributed by atoms with E-state index in [9.17, 15) is 16.8 Å². The predicted molar refractivity (Wildman–Crippen MR) is 115 cm³/mol. The molecule has 2 atom stereocenters. The van der Waals surface area contributed by atoms with Gasteiger partial charge in [0.15, 0.2) is 0 Å². The van der Waals surface area contributed by atoms with E-state index in [0.717, 1.165) is 12.0 Å². The molecular weight excluding hydrogens is 408 g/mol. The maximum Gasteiger partial charge on any atom is 0.262 e. The van der Waals surface area contributed by atoms with Crippen LogP contribution in [0.1, 0.15) is 31.4 Å². The normalized spacial score (nSPS) is 21.1. The summed E-state index contributed by atoms with van der Waals surface area (Å²) in [5.41, 5.74) is 1.82. The smallest absolute Gasteiger partial charge is 0.262 e. The molecule has 0 spiro atoms. The van der Waals surface area contributed by atoms with Crippen LogP contribution in [0.5, 0.6) is 0 Å². The molecule has 0 aliphatic carbocycles. The summed E-state index contributed by atoms with van der Waals surface area (Å²) in [4.78, 5) is 0.388. The van der Waals surface area contributed by atoms with Gasteiger partial charge in [0.25, 0.3) is 10.0 Å². The lowest BCUT2D eigenvalue weighted by molar-refractivity contribution is 0.222. The van der Waals surface area contributed by atoms with E-state index in [1.54, 1.807) is 19.1 Å². The molecule has 1 N–H and O–H groups in total. The van der Waals surface area contributed by atoms with Gasteiger partial charge in [0.05, 0.1) is 9.79 Å². The quantitative estimate of drug-likeness (QED) is 0.773. The van der Waals surface area contributed by atoms with Crippen LogP contribution >= 0.6 is 0 Å². The fraction of sp³-hybridized carbons (Fsp3) is 0.429. The van der Waals surface area contributed by atoms with Gasteiger partial charge in [0.2, 0.25) is 10.0 Å². The Kier molecular flexibility index (Phi) is 6.08. The van der Waals surface area contributed by atoms with Gasteiger partial charge in [-0.3, -0.25) is 4.72 Å². The van der Waals surface area contributed by atoms with Crippen molar-refractivity contribution in [1.29, 1.82) is 0 Å². The second kappa shape index (κ2) is 8.08. The van der Waals surface area contributed by atoms with E-state index in [4.69, 9.17) is 0 Å². The Bertz CT molecular complexity index is 1080. The molecule has 2 aromatic rings. The first-order valence-electron chi connectivity index (χ1n) is 9.69. The van der Waals surface area contributed by atoms with Crippen LogP contribution in [-0.2, 0) is 20.0 Å². The molecule has 1 heterocycles. The van der Waals surface area contributed by atoms with Gasteiger partial charge in [-0.15, -0.1) is 0 Å². The summed E-state index contributed by atoms with van der Waals surface area (Å²) in [5.74, 6) is 0.634. The molecule has 29 heavy (non-hydrogen) atoms. The van der Waals surface area contributed by atoms with Crippen molar-refractivity contribution in [3.63, 3.8) is 0 Å². The van der Waals surface area contributed by atoms with Crippen LogP contribution in [-0.4, -0.2) is 34.2 Å². The largest absolute Gasteiger partial charge is 0.280 e. The van der Waals surface area contributed by atoms with Crippen LogP contribution in [0.2, 0.25) is 0 Å². The van der Waals surface area contributed by atoms with E-state index in [1.165, 1.54) is 28.6 Å². The van der Waals surface area contributed by atoms with Gasteiger partial charge in [-0.2, -0.15) is 4.31 Å². The number of rotatable bonds is 5. The van der Waals surface area contributed by atoms with Crippen molar-refractivity contribution in [1.82, 2.24) is 4.31 Å². The van der Waals surface area contributed by atoms with Gasteiger partial charge in [0, 0.05) is 18.8 Å². The van der Waals surface area contributed by atoms with Gasteiger partial charge in [0.1, 0.15) is 0 Å². The highest BCUT2D eigenvalue weighted by atomic mass is 32.2. The molecule has 2 unspecified atom stereocenters. The van der Waals surface area contributed by atoms with Crippen molar-refractivity contribution in [3.05, 3.63) is 53.6 Å².